The minimum absolute atomic E-state index is 0.00183. The van der Waals surface area contributed by atoms with Crippen LogP contribution in [0.15, 0.2) is 30.3 Å². The van der Waals surface area contributed by atoms with Crippen molar-refractivity contribution in [3.8, 4) is 0 Å². The van der Waals surface area contributed by atoms with Crippen LogP contribution in [0.5, 0.6) is 0 Å². The molecule has 1 fully saturated rings. The minimum Gasteiger partial charge on any atom is -0.481 e. The van der Waals surface area contributed by atoms with Crippen LogP contribution in [0.25, 0.3) is 0 Å². The van der Waals surface area contributed by atoms with Gasteiger partial charge in [0, 0.05) is 22.8 Å². The summed E-state index contributed by atoms with van der Waals surface area (Å²) in [7, 11) is 0. The highest BCUT2D eigenvalue weighted by Crippen LogP contribution is 2.62. The van der Waals surface area contributed by atoms with Gasteiger partial charge in [0.2, 0.25) is 0 Å². The lowest BCUT2D eigenvalue weighted by atomic mass is 9.47. The number of nitrogens with one attached hydrogen (secondary N) is 1. The maximum Gasteiger partial charge on any atom is 0.304 e. The zero-order chi connectivity index (χ0) is 21.5. The molecule has 0 aliphatic heterocycles. The number of aliphatic hydroxyl groups is 2. The number of carboxylic acid groups (broad SMARTS) is 1. The van der Waals surface area contributed by atoms with Crippen molar-refractivity contribution in [2.75, 3.05) is 11.9 Å². The Balaban J connectivity index is 1.69. The standard InChI is InChI=1S/C23H30N2O4S/c1-22-9-8-18(27)23(2,13-26)17(22)11-16-20(15(22)10-19(28)29)25-21(30-16)24-12-14-6-4-3-5-7-14/h3-7,15,17-18,26-27H,8-13H2,1-2H3,(H,24,25)(H,28,29). The second-order valence-electron chi connectivity index (χ2n) is 9.30. The molecule has 1 saturated carbocycles. The predicted molar refractivity (Wildman–Crippen MR) is 117 cm³/mol. The number of carboxylic acids is 1. The van der Waals surface area contributed by atoms with Gasteiger partial charge in [-0.1, -0.05) is 44.2 Å². The molecule has 0 spiro atoms. The number of rotatable bonds is 6. The Kier molecular flexibility index (Phi) is 5.64. The lowest BCUT2D eigenvalue weighted by Gasteiger charge is -2.58. The van der Waals surface area contributed by atoms with E-state index in [0.29, 0.717) is 19.4 Å². The van der Waals surface area contributed by atoms with Crippen LogP contribution < -0.4 is 5.32 Å². The van der Waals surface area contributed by atoms with E-state index in [1.54, 1.807) is 11.3 Å². The summed E-state index contributed by atoms with van der Waals surface area (Å²) < 4.78 is 0. The molecule has 5 unspecified atom stereocenters. The topological polar surface area (TPSA) is 103 Å². The molecule has 0 radical (unpaired) electrons. The van der Waals surface area contributed by atoms with Gasteiger partial charge in [0.05, 0.1) is 24.8 Å². The Morgan fingerprint density at radius 1 is 1.30 bits per heavy atom. The number of carbonyl (C=O) groups is 1. The zero-order valence-corrected chi connectivity index (χ0v) is 18.3. The molecule has 0 bridgehead atoms. The number of benzene rings is 1. The predicted octanol–water partition coefficient (Wildman–Crippen LogP) is 3.65. The summed E-state index contributed by atoms with van der Waals surface area (Å²) >= 11 is 1.57. The van der Waals surface area contributed by atoms with E-state index in [-0.39, 0.29) is 30.3 Å². The fourth-order valence-corrected chi connectivity index (χ4v) is 6.73. The molecule has 2 aromatic rings. The first-order valence-corrected chi connectivity index (χ1v) is 11.4. The summed E-state index contributed by atoms with van der Waals surface area (Å²) in [6.07, 6.45) is 1.44. The van der Waals surface area contributed by atoms with Gasteiger partial charge in [0.15, 0.2) is 5.13 Å². The van der Waals surface area contributed by atoms with E-state index in [2.05, 4.69) is 24.4 Å². The lowest BCUT2D eigenvalue weighted by molar-refractivity contribution is -0.150. The Labute approximate surface area is 181 Å². The van der Waals surface area contributed by atoms with Crippen LogP contribution in [0.4, 0.5) is 5.13 Å². The molecule has 6 nitrogen and oxygen atoms in total. The van der Waals surface area contributed by atoms with Gasteiger partial charge in [-0.15, -0.1) is 11.3 Å². The Morgan fingerprint density at radius 3 is 2.70 bits per heavy atom. The molecule has 1 heterocycles. The van der Waals surface area contributed by atoms with Crippen LogP contribution in [0.3, 0.4) is 0 Å². The number of fused-ring (bicyclic) bond motifs is 2. The number of aromatic nitrogens is 1. The third-order valence-electron chi connectivity index (χ3n) is 7.56. The average molecular weight is 431 g/mol. The maximum absolute atomic E-state index is 11.8. The lowest BCUT2D eigenvalue weighted by Crippen LogP contribution is -2.57. The molecule has 0 amide bonds. The number of thiazole rings is 1. The fourth-order valence-electron chi connectivity index (χ4n) is 5.67. The largest absolute Gasteiger partial charge is 0.481 e. The number of anilines is 1. The van der Waals surface area contributed by atoms with Gasteiger partial charge >= 0.3 is 5.97 Å². The Bertz CT molecular complexity index is 917. The molecule has 4 rings (SSSR count). The number of hydrogen-bond donors (Lipinski definition) is 4. The molecule has 1 aromatic heterocycles. The van der Waals surface area contributed by atoms with Crippen molar-refractivity contribution in [2.45, 2.75) is 58.1 Å². The highest BCUT2D eigenvalue weighted by Gasteiger charge is 2.59. The summed E-state index contributed by atoms with van der Waals surface area (Å²) in [6.45, 7) is 4.62. The smallest absolute Gasteiger partial charge is 0.304 e. The van der Waals surface area contributed by atoms with Crippen LogP contribution in [0, 0.1) is 16.7 Å². The number of aliphatic hydroxyl groups excluding tert-OH is 2. The first-order valence-electron chi connectivity index (χ1n) is 10.6. The quantitative estimate of drug-likeness (QED) is 0.558. The summed E-state index contributed by atoms with van der Waals surface area (Å²) in [6, 6.07) is 10.1. The van der Waals surface area contributed by atoms with E-state index in [4.69, 9.17) is 4.98 Å². The summed E-state index contributed by atoms with van der Waals surface area (Å²) in [5.41, 5.74) is 1.06. The van der Waals surface area contributed by atoms with E-state index >= 15 is 0 Å². The van der Waals surface area contributed by atoms with Crippen molar-refractivity contribution >= 4 is 22.4 Å². The summed E-state index contributed by atoms with van der Waals surface area (Å²) in [5, 5.41) is 34.8. The van der Waals surface area contributed by atoms with Crippen LogP contribution >= 0.6 is 11.3 Å². The number of hydrogen-bond acceptors (Lipinski definition) is 6. The molecule has 2 aliphatic rings. The molecule has 162 valence electrons. The molecule has 7 heteroatoms. The minimum atomic E-state index is -0.837. The first kappa shape index (κ1) is 21.3. The molecule has 1 aromatic carbocycles. The van der Waals surface area contributed by atoms with Crippen LogP contribution in [-0.4, -0.2) is 39.0 Å². The summed E-state index contributed by atoms with van der Waals surface area (Å²) in [4.78, 5) is 17.7. The maximum atomic E-state index is 11.8. The average Bonchev–Trinajstić information content (AvgIpc) is 3.14. The number of nitrogens with zero attached hydrogens (tertiary/aromatic N) is 1. The molecule has 30 heavy (non-hydrogen) atoms. The van der Waals surface area contributed by atoms with Crippen molar-refractivity contribution in [1.29, 1.82) is 0 Å². The molecule has 4 N–H and O–H groups in total. The van der Waals surface area contributed by atoms with Gasteiger partial charge in [-0.05, 0) is 36.2 Å². The molecular formula is C23H30N2O4S. The SMILES string of the molecule is CC1(CO)C(O)CCC2(C)C(CC(=O)O)c3nc(NCc4ccccc4)sc3CC12. The molecule has 2 aliphatic carbocycles. The Morgan fingerprint density at radius 2 is 2.03 bits per heavy atom. The third-order valence-corrected chi connectivity index (χ3v) is 8.61. The van der Waals surface area contributed by atoms with E-state index < -0.39 is 17.5 Å². The first-order chi connectivity index (χ1) is 14.3. The van der Waals surface area contributed by atoms with Gasteiger partial charge < -0.3 is 20.6 Å². The van der Waals surface area contributed by atoms with E-state index in [1.165, 1.54) is 0 Å². The van der Waals surface area contributed by atoms with Crippen molar-refractivity contribution in [2.24, 2.45) is 16.7 Å². The summed E-state index contributed by atoms with van der Waals surface area (Å²) in [5.74, 6) is -1.07. The number of aliphatic carboxylic acids is 1. The van der Waals surface area contributed by atoms with Crippen LogP contribution in [0.1, 0.15) is 55.2 Å². The van der Waals surface area contributed by atoms with E-state index in [1.807, 2.05) is 25.1 Å². The normalized spacial score (nSPS) is 32.9. The second kappa shape index (κ2) is 7.94. The molecular weight excluding hydrogens is 400 g/mol. The van der Waals surface area contributed by atoms with Gasteiger partial charge in [0.1, 0.15) is 0 Å². The van der Waals surface area contributed by atoms with Crippen molar-refractivity contribution in [3.05, 3.63) is 46.5 Å². The van der Waals surface area contributed by atoms with Gasteiger partial charge in [0.25, 0.3) is 0 Å². The highest BCUT2D eigenvalue weighted by molar-refractivity contribution is 7.15. The van der Waals surface area contributed by atoms with Crippen LogP contribution in [-0.2, 0) is 17.8 Å². The van der Waals surface area contributed by atoms with Crippen LogP contribution in [0.2, 0.25) is 0 Å². The third kappa shape index (κ3) is 3.53. The zero-order valence-electron chi connectivity index (χ0n) is 17.5. The van der Waals surface area contributed by atoms with E-state index in [0.717, 1.165) is 27.7 Å². The van der Waals surface area contributed by atoms with Crippen molar-refractivity contribution in [1.82, 2.24) is 4.98 Å². The molecule has 0 saturated heterocycles. The van der Waals surface area contributed by atoms with Crippen molar-refractivity contribution < 1.29 is 20.1 Å². The monoisotopic (exact) mass is 430 g/mol. The highest BCUT2D eigenvalue weighted by atomic mass is 32.1. The fraction of sp³-hybridized carbons (Fsp3) is 0.565. The van der Waals surface area contributed by atoms with E-state index in [9.17, 15) is 20.1 Å². The van der Waals surface area contributed by atoms with Gasteiger partial charge in [-0.25, -0.2) is 4.98 Å². The van der Waals surface area contributed by atoms with Gasteiger partial charge in [-0.3, -0.25) is 4.79 Å². The molecule has 5 atom stereocenters. The van der Waals surface area contributed by atoms with Gasteiger partial charge in [-0.2, -0.15) is 0 Å². The van der Waals surface area contributed by atoms with Crippen molar-refractivity contribution in [3.63, 3.8) is 0 Å². The Hall–Kier alpha value is -1.96. The second-order valence-corrected chi connectivity index (χ2v) is 10.4.